The van der Waals surface area contributed by atoms with Crippen molar-refractivity contribution < 1.29 is 23.4 Å². The van der Waals surface area contributed by atoms with Crippen molar-refractivity contribution in [1.29, 1.82) is 0 Å². The first-order valence-corrected chi connectivity index (χ1v) is 17.0. The standard InChI is InChI=1S/C41H39ClFN3O4.ClH/c1-30-26-32(10-17-39(30)50-40-18-16-37(27-44-40)49-29-34-4-2-3-5-38(34)42)11-19-41(47)46-23-21-45(22-24-46)28-33-8-6-31(7-9-33)20-25-48-36-14-12-35(43)13-15-36;/h2-19,26-27H,20-25,28-29H2,1H3;1H/b19-11+;. The van der Waals surface area contributed by atoms with Crippen molar-refractivity contribution in [2.45, 2.75) is 26.5 Å². The molecule has 1 aliphatic rings. The molecule has 5 aromatic rings. The summed E-state index contributed by atoms with van der Waals surface area (Å²) in [5.74, 6) is 2.17. The molecule has 0 N–H and O–H groups in total. The van der Waals surface area contributed by atoms with E-state index in [1.807, 2.05) is 66.4 Å². The summed E-state index contributed by atoms with van der Waals surface area (Å²) in [6, 6.07) is 31.6. The molecule has 0 spiro atoms. The fourth-order valence-corrected chi connectivity index (χ4v) is 5.77. The monoisotopic (exact) mass is 727 g/mol. The highest BCUT2D eigenvalue weighted by atomic mass is 35.5. The van der Waals surface area contributed by atoms with E-state index in [0.717, 1.165) is 42.7 Å². The van der Waals surface area contributed by atoms with Gasteiger partial charge in [0.2, 0.25) is 11.8 Å². The van der Waals surface area contributed by atoms with Crippen LogP contribution in [-0.2, 0) is 24.4 Å². The summed E-state index contributed by atoms with van der Waals surface area (Å²) >= 11 is 6.21. The molecule has 10 heteroatoms. The predicted molar refractivity (Wildman–Crippen MR) is 201 cm³/mol. The summed E-state index contributed by atoms with van der Waals surface area (Å²) in [5.41, 5.74) is 5.18. The van der Waals surface area contributed by atoms with Gasteiger partial charge in [0.15, 0.2) is 0 Å². The highest BCUT2D eigenvalue weighted by molar-refractivity contribution is 6.31. The molecule has 0 saturated carbocycles. The molecule has 51 heavy (non-hydrogen) atoms. The van der Waals surface area contributed by atoms with Gasteiger partial charge in [0.1, 0.15) is 29.7 Å². The first kappa shape index (κ1) is 37.4. The number of carbonyl (C=O) groups is 1. The van der Waals surface area contributed by atoms with Crippen LogP contribution in [0.15, 0.2) is 115 Å². The average molecular weight is 729 g/mol. The number of pyridine rings is 1. The van der Waals surface area contributed by atoms with E-state index in [9.17, 15) is 9.18 Å². The van der Waals surface area contributed by atoms with E-state index in [1.165, 1.54) is 23.3 Å². The Balaban J connectivity index is 0.00000504. The molecule has 1 saturated heterocycles. The fourth-order valence-electron chi connectivity index (χ4n) is 5.58. The maximum absolute atomic E-state index is 13.1. The average Bonchev–Trinajstić information content (AvgIpc) is 3.14. The minimum Gasteiger partial charge on any atom is -0.493 e. The van der Waals surface area contributed by atoms with Crippen LogP contribution in [0.4, 0.5) is 4.39 Å². The lowest BCUT2D eigenvalue weighted by Crippen LogP contribution is -2.47. The number of carbonyl (C=O) groups excluding carboxylic acids is 1. The molecule has 4 aromatic carbocycles. The minimum absolute atomic E-state index is 0. The van der Waals surface area contributed by atoms with Gasteiger partial charge < -0.3 is 19.1 Å². The number of hydrogen-bond donors (Lipinski definition) is 0. The number of amides is 1. The maximum atomic E-state index is 13.1. The van der Waals surface area contributed by atoms with Gasteiger partial charge in [0, 0.05) is 61.9 Å². The lowest BCUT2D eigenvalue weighted by molar-refractivity contribution is -0.127. The summed E-state index contributed by atoms with van der Waals surface area (Å²) in [4.78, 5) is 21.6. The van der Waals surface area contributed by atoms with E-state index in [1.54, 1.807) is 30.5 Å². The summed E-state index contributed by atoms with van der Waals surface area (Å²) in [6.45, 7) is 6.70. The Hall–Kier alpha value is -4.89. The van der Waals surface area contributed by atoms with Crippen LogP contribution in [0.3, 0.4) is 0 Å². The SMILES string of the molecule is Cc1cc(/C=C/C(=O)N2CCN(Cc3ccc(CCOc4ccc(F)cc4)cc3)CC2)ccc1Oc1ccc(OCc2ccccc2Cl)cn1.Cl. The lowest BCUT2D eigenvalue weighted by Gasteiger charge is -2.34. The van der Waals surface area contributed by atoms with Crippen LogP contribution >= 0.6 is 24.0 Å². The van der Waals surface area contributed by atoms with Crippen LogP contribution in [0.1, 0.15) is 27.8 Å². The first-order chi connectivity index (χ1) is 24.4. The molecule has 1 aliphatic heterocycles. The smallest absolute Gasteiger partial charge is 0.246 e. The molecule has 0 bridgehead atoms. The number of rotatable bonds is 13. The molecule has 264 valence electrons. The third-order valence-corrected chi connectivity index (χ3v) is 8.85. The molecule has 0 radical (unpaired) electrons. The van der Waals surface area contributed by atoms with E-state index in [4.69, 9.17) is 25.8 Å². The first-order valence-electron chi connectivity index (χ1n) is 16.6. The number of nitrogens with zero attached hydrogens (tertiary/aromatic N) is 3. The van der Waals surface area contributed by atoms with Crippen molar-refractivity contribution in [3.8, 4) is 23.1 Å². The second-order valence-electron chi connectivity index (χ2n) is 12.1. The minimum atomic E-state index is -0.270. The zero-order valence-electron chi connectivity index (χ0n) is 28.3. The highest BCUT2D eigenvalue weighted by Crippen LogP contribution is 2.27. The molecule has 7 nitrogen and oxygen atoms in total. The molecular formula is C41H40Cl2FN3O4. The molecule has 2 heterocycles. The predicted octanol–water partition coefficient (Wildman–Crippen LogP) is 8.95. The molecule has 1 amide bonds. The van der Waals surface area contributed by atoms with Crippen molar-refractivity contribution in [2.75, 3.05) is 32.8 Å². The quantitative estimate of drug-likeness (QED) is 0.113. The number of hydrogen-bond acceptors (Lipinski definition) is 6. The number of aryl methyl sites for hydroxylation is 1. The molecule has 0 atom stereocenters. The molecule has 1 fully saturated rings. The Morgan fingerprint density at radius 2 is 1.59 bits per heavy atom. The number of benzene rings is 4. The normalized spacial score (nSPS) is 13.1. The molecular weight excluding hydrogens is 688 g/mol. The van der Waals surface area contributed by atoms with Crippen LogP contribution in [-0.4, -0.2) is 53.5 Å². The summed E-state index contributed by atoms with van der Waals surface area (Å²) in [7, 11) is 0. The second kappa shape index (κ2) is 18.4. The van der Waals surface area contributed by atoms with Gasteiger partial charge in [-0.2, -0.15) is 0 Å². The van der Waals surface area contributed by atoms with Gasteiger partial charge in [-0.3, -0.25) is 9.69 Å². The van der Waals surface area contributed by atoms with Gasteiger partial charge in [-0.05, 0) is 83.8 Å². The number of halogens is 3. The zero-order chi connectivity index (χ0) is 34.7. The number of ether oxygens (including phenoxy) is 3. The maximum Gasteiger partial charge on any atom is 0.246 e. The fraction of sp³-hybridized carbons (Fsp3) is 0.220. The number of piperazine rings is 1. The summed E-state index contributed by atoms with van der Waals surface area (Å²) < 4.78 is 30.6. The Morgan fingerprint density at radius 1 is 0.863 bits per heavy atom. The van der Waals surface area contributed by atoms with Gasteiger partial charge in [0.05, 0.1) is 12.8 Å². The van der Waals surface area contributed by atoms with Crippen molar-refractivity contribution >= 4 is 36.0 Å². The van der Waals surface area contributed by atoms with Gasteiger partial charge in [-0.25, -0.2) is 9.37 Å². The van der Waals surface area contributed by atoms with Crippen molar-refractivity contribution in [3.63, 3.8) is 0 Å². The van der Waals surface area contributed by atoms with E-state index in [0.29, 0.717) is 54.5 Å². The van der Waals surface area contributed by atoms with E-state index < -0.39 is 0 Å². The van der Waals surface area contributed by atoms with Gasteiger partial charge in [0.25, 0.3) is 0 Å². The summed E-state index contributed by atoms with van der Waals surface area (Å²) in [5, 5.41) is 0.664. The third-order valence-electron chi connectivity index (χ3n) is 8.48. The summed E-state index contributed by atoms with van der Waals surface area (Å²) in [6.07, 6.45) is 5.89. The molecule has 6 rings (SSSR count). The van der Waals surface area contributed by atoms with Crippen molar-refractivity contribution in [3.05, 3.63) is 154 Å². The molecule has 0 unspecified atom stereocenters. The Kier molecular flexibility index (Phi) is 13.5. The van der Waals surface area contributed by atoms with Gasteiger partial charge in [-0.15, -0.1) is 12.4 Å². The Morgan fingerprint density at radius 3 is 2.29 bits per heavy atom. The van der Waals surface area contributed by atoms with Crippen LogP contribution < -0.4 is 14.2 Å². The zero-order valence-corrected chi connectivity index (χ0v) is 29.9. The largest absolute Gasteiger partial charge is 0.493 e. The lowest BCUT2D eigenvalue weighted by atomic mass is 10.1. The van der Waals surface area contributed by atoms with Crippen molar-refractivity contribution in [2.24, 2.45) is 0 Å². The number of aromatic nitrogens is 1. The Bertz CT molecular complexity index is 1900. The van der Waals surface area contributed by atoms with Crippen LogP contribution in [0, 0.1) is 12.7 Å². The Labute approximate surface area is 309 Å². The van der Waals surface area contributed by atoms with Crippen LogP contribution in [0.25, 0.3) is 6.08 Å². The van der Waals surface area contributed by atoms with Crippen LogP contribution in [0.2, 0.25) is 5.02 Å². The van der Waals surface area contributed by atoms with E-state index in [2.05, 4.69) is 34.1 Å². The van der Waals surface area contributed by atoms with E-state index >= 15 is 0 Å². The van der Waals surface area contributed by atoms with Gasteiger partial charge >= 0.3 is 0 Å². The molecule has 0 aliphatic carbocycles. The topological polar surface area (TPSA) is 64.1 Å². The van der Waals surface area contributed by atoms with Crippen LogP contribution in [0.5, 0.6) is 23.1 Å². The third kappa shape index (κ3) is 11.0. The van der Waals surface area contributed by atoms with Crippen molar-refractivity contribution in [1.82, 2.24) is 14.8 Å². The van der Waals surface area contributed by atoms with Gasteiger partial charge in [-0.1, -0.05) is 60.1 Å². The highest BCUT2D eigenvalue weighted by Gasteiger charge is 2.19. The van der Waals surface area contributed by atoms with E-state index in [-0.39, 0.29) is 24.1 Å². The second-order valence-corrected chi connectivity index (χ2v) is 12.6. The molecule has 1 aromatic heterocycles.